The lowest BCUT2D eigenvalue weighted by Crippen LogP contribution is -2.42. The molecule has 2 aromatic carbocycles. The van der Waals surface area contributed by atoms with Crippen LogP contribution in [0.5, 0.6) is 0 Å². The first kappa shape index (κ1) is 16.5. The SMILES string of the molecule is Cc1ccc(/C=C2\C(=O)N(c3ccccc3C)C(=O)c3ccccc32)s1. The molecule has 0 bridgehead atoms. The molecule has 3 nitrogen and oxygen atoms in total. The predicted molar refractivity (Wildman–Crippen MR) is 106 cm³/mol. The number of imide groups is 1. The second kappa shape index (κ2) is 6.39. The van der Waals surface area contributed by atoms with E-state index in [1.165, 1.54) is 9.78 Å². The fourth-order valence-electron chi connectivity index (χ4n) is 3.20. The van der Waals surface area contributed by atoms with Crippen LogP contribution in [0.1, 0.15) is 31.2 Å². The van der Waals surface area contributed by atoms with E-state index >= 15 is 0 Å². The Morgan fingerprint density at radius 1 is 0.808 bits per heavy atom. The lowest BCUT2D eigenvalue weighted by Gasteiger charge is -2.29. The first-order valence-corrected chi connectivity index (χ1v) is 9.20. The van der Waals surface area contributed by atoms with Gasteiger partial charge in [-0.3, -0.25) is 9.59 Å². The second-order valence-corrected chi connectivity index (χ2v) is 7.60. The molecule has 3 aromatic rings. The minimum absolute atomic E-state index is 0.278. The topological polar surface area (TPSA) is 37.4 Å². The van der Waals surface area contributed by atoms with Gasteiger partial charge in [-0.2, -0.15) is 0 Å². The molecule has 128 valence electrons. The van der Waals surface area contributed by atoms with Crippen molar-refractivity contribution in [3.05, 3.63) is 87.1 Å². The number of para-hydroxylation sites is 1. The van der Waals surface area contributed by atoms with Gasteiger partial charge in [-0.25, -0.2) is 4.90 Å². The third-order valence-electron chi connectivity index (χ3n) is 4.49. The first-order chi connectivity index (χ1) is 12.6. The van der Waals surface area contributed by atoms with E-state index in [4.69, 9.17) is 0 Å². The van der Waals surface area contributed by atoms with E-state index in [1.54, 1.807) is 17.4 Å². The van der Waals surface area contributed by atoms with Crippen LogP contribution in [0.2, 0.25) is 0 Å². The van der Waals surface area contributed by atoms with Crippen LogP contribution < -0.4 is 4.90 Å². The molecule has 0 aliphatic carbocycles. The van der Waals surface area contributed by atoms with Gasteiger partial charge in [-0.15, -0.1) is 11.3 Å². The summed E-state index contributed by atoms with van der Waals surface area (Å²) in [4.78, 5) is 29.8. The summed E-state index contributed by atoms with van der Waals surface area (Å²) in [6.07, 6.45) is 1.89. The van der Waals surface area contributed by atoms with Crippen molar-refractivity contribution in [1.82, 2.24) is 0 Å². The number of carbonyl (C=O) groups excluding carboxylic acids is 2. The van der Waals surface area contributed by atoms with Crippen molar-refractivity contribution in [1.29, 1.82) is 0 Å². The molecule has 0 spiro atoms. The fourth-order valence-corrected chi connectivity index (χ4v) is 4.02. The minimum atomic E-state index is -0.283. The number of amides is 2. The van der Waals surface area contributed by atoms with Gasteiger partial charge in [-0.05, 0) is 49.8 Å². The van der Waals surface area contributed by atoms with Gasteiger partial charge >= 0.3 is 0 Å². The summed E-state index contributed by atoms with van der Waals surface area (Å²) < 4.78 is 0. The quantitative estimate of drug-likeness (QED) is 0.472. The number of thiophene rings is 1. The van der Waals surface area contributed by atoms with Crippen molar-refractivity contribution in [3.8, 4) is 0 Å². The van der Waals surface area contributed by atoms with Gasteiger partial charge in [0.1, 0.15) is 0 Å². The summed E-state index contributed by atoms with van der Waals surface area (Å²) in [5.74, 6) is -0.562. The Labute approximate surface area is 156 Å². The molecule has 0 radical (unpaired) electrons. The monoisotopic (exact) mass is 359 g/mol. The van der Waals surface area contributed by atoms with Crippen LogP contribution in [0.3, 0.4) is 0 Å². The van der Waals surface area contributed by atoms with Crippen molar-refractivity contribution in [2.24, 2.45) is 0 Å². The molecule has 0 saturated carbocycles. The Kier molecular flexibility index (Phi) is 4.05. The number of benzene rings is 2. The molecule has 0 unspecified atom stereocenters. The number of rotatable bonds is 2. The van der Waals surface area contributed by atoms with Crippen molar-refractivity contribution < 1.29 is 9.59 Å². The number of carbonyl (C=O) groups is 2. The number of fused-ring (bicyclic) bond motifs is 1. The van der Waals surface area contributed by atoms with Gasteiger partial charge in [0.05, 0.1) is 5.69 Å². The Balaban J connectivity index is 1.93. The van der Waals surface area contributed by atoms with E-state index in [-0.39, 0.29) is 11.8 Å². The molecule has 0 fully saturated rings. The zero-order valence-corrected chi connectivity index (χ0v) is 15.3. The van der Waals surface area contributed by atoms with Crippen LogP contribution in [0.4, 0.5) is 5.69 Å². The number of nitrogens with zero attached hydrogens (tertiary/aromatic N) is 1. The summed E-state index contributed by atoms with van der Waals surface area (Å²) in [7, 11) is 0. The van der Waals surface area contributed by atoms with Crippen molar-refractivity contribution >= 4 is 40.5 Å². The van der Waals surface area contributed by atoms with Gasteiger partial charge < -0.3 is 0 Å². The summed E-state index contributed by atoms with van der Waals surface area (Å²) >= 11 is 1.63. The third-order valence-corrected chi connectivity index (χ3v) is 5.44. The van der Waals surface area contributed by atoms with Crippen LogP contribution in [0.15, 0.2) is 60.7 Å². The van der Waals surface area contributed by atoms with Gasteiger partial charge in [-0.1, -0.05) is 36.4 Å². The van der Waals surface area contributed by atoms with Gasteiger partial charge in [0.25, 0.3) is 11.8 Å². The van der Waals surface area contributed by atoms with Crippen LogP contribution in [0, 0.1) is 13.8 Å². The molecule has 0 saturated heterocycles. The number of anilines is 1. The van der Waals surface area contributed by atoms with Crippen LogP contribution in [-0.2, 0) is 4.79 Å². The largest absolute Gasteiger partial charge is 0.268 e. The van der Waals surface area contributed by atoms with E-state index < -0.39 is 0 Å². The van der Waals surface area contributed by atoms with Crippen LogP contribution in [-0.4, -0.2) is 11.8 Å². The third kappa shape index (κ3) is 2.68. The van der Waals surface area contributed by atoms with E-state index in [2.05, 4.69) is 0 Å². The van der Waals surface area contributed by atoms with E-state index in [9.17, 15) is 9.59 Å². The molecule has 2 amide bonds. The van der Waals surface area contributed by atoms with Gasteiger partial charge in [0.15, 0.2) is 0 Å². The molecule has 1 aliphatic rings. The zero-order chi connectivity index (χ0) is 18.3. The summed E-state index contributed by atoms with van der Waals surface area (Å²) in [5, 5.41) is 0. The second-order valence-electron chi connectivity index (χ2n) is 6.28. The van der Waals surface area contributed by atoms with E-state index in [0.29, 0.717) is 22.4 Å². The zero-order valence-electron chi connectivity index (χ0n) is 14.5. The number of aryl methyl sites for hydroxylation is 2. The maximum absolute atomic E-state index is 13.3. The van der Waals surface area contributed by atoms with Crippen LogP contribution >= 0.6 is 11.3 Å². The standard InChI is InChI=1S/C22H17NO2S/c1-14-7-3-6-10-20(14)23-21(24)18-9-5-4-8-17(18)19(22(23)25)13-16-12-11-15(2)26-16/h3-13H,1-2H3/b19-13-. The smallest absolute Gasteiger partial charge is 0.266 e. The average molecular weight is 359 g/mol. The lowest BCUT2D eigenvalue weighted by molar-refractivity contribution is -0.112. The van der Waals surface area contributed by atoms with Crippen LogP contribution in [0.25, 0.3) is 11.6 Å². The molecular weight excluding hydrogens is 342 g/mol. The Morgan fingerprint density at radius 3 is 2.19 bits per heavy atom. The van der Waals surface area contributed by atoms with Crippen molar-refractivity contribution in [2.75, 3.05) is 4.90 Å². The highest BCUT2D eigenvalue weighted by molar-refractivity contribution is 7.12. The molecule has 1 aromatic heterocycles. The van der Waals surface area contributed by atoms with Gasteiger partial charge in [0.2, 0.25) is 0 Å². The highest BCUT2D eigenvalue weighted by Gasteiger charge is 2.36. The number of hydrogen-bond acceptors (Lipinski definition) is 3. The Hall–Kier alpha value is -2.98. The Bertz CT molecular complexity index is 1060. The van der Waals surface area contributed by atoms with Crippen molar-refractivity contribution in [2.45, 2.75) is 13.8 Å². The first-order valence-electron chi connectivity index (χ1n) is 8.38. The summed E-state index contributed by atoms with van der Waals surface area (Å²) in [6, 6.07) is 18.8. The highest BCUT2D eigenvalue weighted by Crippen LogP contribution is 2.35. The molecule has 4 heteroatoms. The Morgan fingerprint density at radius 2 is 1.50 bits per heavy atom. The molecule has 4 rings (SSSR count). The maximum atomic E-state index is 13.3. The molecule has 1 aliphatic heterocycles. The van der Waals surface area contributed by atoms with E-state index in [1.807, 2.05) is 74.5 Å². The average Bonchev–Trinajstić information content (AvgIpc) is 3.05. The molecular formula is C22H17NO2S. The predicted octanol–water partition coefficient (Wildman–Crippen LogP) is 5.09. The summed E-state index contributed by atoms with van der Waals surface area (Å²) in [5.41, 5.74) is 3.31. The normalized spacial score (nSPS) is 15.5. The maximum Gasteiger partial charge on any atom is 0.266 e. The summed E-state index contributed by atoms with van der Waals surface area (Å²) in [6.45, 7) is 3.94. The fraction of sp³-hybridized carbons (Fsp3) is 0.0909. The molecule has 0 atom stereocenters. The molecule has 26 heavy (non-hydrogen) atoms. The van der Waals surface area contributed by atoms with Gasteiger partial charge in [0, 0.05) is 26.5 Å². The molecule has 0 N–H and O–H groups in total. The minimum Gasteiger partial charge on any atom is -0.268 e. The lowest BCUT2D eigenvalue weighted by atomic mass is 9.92. The van der Waals surface area contributed by atoms with E-state index in [0.717, 1.165) is 10.4 Å². The highest BCUT2D eigenvalue weighted by atomic mass is 32.1. The molecule has 2 heterocycles. The van der Waals surface area contributed by atoms with Crippen molar-refractivity contribution in [3.63, 3.8) is 0 Å². The number of hydrogen-bond donors (Lipinski definition) is 0.